The summed E-state index contributed by atoms with van der Waals surface area (Å²) in [5.41, 5.74) is 0. The fraction of sp³-hybridized carbons (Fsp3) is 0.852. The van der Waals surface area contributed by atoms with Gasteiger partial charge in [0.1, 0.15) is 5.82 Å². The van der Waals surface area contributed by atoms with Crippen molar-refractivity contribution < 1.29 is 0 Å². The highest BCUT2D eigenvalue weighted by atomic mass is 15.3. The van der Waals surface area contributed by atoms with Crippen molar-refractivity contribution in [1.29, 1.82) is 0 Å². The van der Waals surface area contributed by atoms with E-state index in [4.69, 9.17) is 4.98 Å². The second-order valence-corrected chi connectivity index (χ2v) is 11.1. The zero-order valence-corrected chi connectivity index (χ0v) is 21.2. The van der Waals surface area contributed by atoms with Crippen molar-refractivity contribution in [3.8, 4) is 0 Å². The van der Waals surface area contributed by atoms with E-state index in [1.807, 2.05) is 6.20 Å². The van der Waals surface area contributed by atoms with Crippen molar-refractivity contribution in [2.45, 2.75) is 95.2 Å². The Balaban J connectivity index is 1.23. The first-order valence-electron chi connectivity index (χ1n) is 14.4. The first-order valence-corrected chi connectivity index (χ1v) is 14.4. The largest absolute Gasteiger partial charge is 0.356 e. The Labute approximate surface area is 206 Å². The third kappa shape index (κ3) is 6.41. The van der Waals surface area contributed by atoms with Gasteiger partial charge in [0.15, 0.2) is 0 Å². The van der Waals surface area contributed by atoms with E-state index >= 15 is 0 Å². The van der Waals surface area contributed by atoms with Gasteiger partial charge in [-0.15, -0.1) is 0 Å². The Bertz CT molecular complexity index is 723. The van der Waals surface area contributed by atoms with Crippen molar-refractivity contribution >= 4 is 11.8 Å². The van der Waals surface area contributed by atoms with Crippen LogP contribution in [-0.2, 0) is 0 Å². The summed E-state index contributed by atoms with van der Waals surface area (Å²) in [5.74, 6) is 2.74. The smallest absolute Gasteiger partial charge is 0.224 e. The molecule has 7 nitrogen and oxygen atoms in total. The average molecular weight is 470 g/mol. The van der Waals surface area contributed by atoms with Crippen molar-refractivity contribution in [3.63, 3.8) is 0 Å². The highest BCUT2D eigenvalue weighted by Gasteiger charge is 2.38. The van der Waals surface area contributed by atoms with Gasteiger partial charge < -0.3 is 20.9 Å². The maximum Gasteiger partial charge on any atom is 0.224 e. The molecule has 0 spiro atoms. The Morgan fingerprint density at radius 3 is 2.41 bits per heavy atom. The Morgan fingerprint density at radius 1 is 0.853 bits per heavy atom. The number of aromatic nitrogens is 2. The standard InChI is InChI=1S/C27H47N7/c1-2-7-18-33(17-6-1)26-12-16-30-27(32-26)31-24-13-19-34(23-8-4-3-5-9-23)25(24)21-29-20-22-10-14-28-15-11-22/h12,16,22-25,28-29H,1-11,13-15,17-21H2,(H,30,31,32)/t24-,25+/m0/s1. The Hall–Kier alpha value is -1.44. The minimum atomic E-state index is 0.418. The summed E-state index contributed by atoms with van der Waals surface area (Å²) < 4.78 is 0. The van der Waals surface area contributed by atoms with Crippen LogP contribution in [0.5, 0.6) is 0 Å². The summed E-state index contributed by atoms with van der Waals surface area (Å²) in [7, 11) is 0. The van der Waals surface area contributed by atoms with E-state index in [9.17, 15) is 0 Å². The molecular weight excluding hydrogens is 422 g/mol. The maximum absolute atomic E-state index is 4.99. The van der Waals surface area contributed by atoms with Crippen LogP contribution in [0.3, 0.4) is 0 Å². The van der Waals surface area contributed by atoms with Gasteiger partial charge in [-0.3, -0.25) is 4.90 Å². The third-order valence-electron chi connectivity index (χ3n) is 8.76. The minimum absolute atomic E-state index is 0.418. The molecule has 0 unspecified atom stereocenters. The van der Waals surface area contributed by atoms with E-state index in [0.717, 1.165) is 49.9 Å². The van der Waals surface area contributed by atoms with Gasteiger partial charge in [-0.2, -0.15) is 4.98 Å². The molecule has 1 aromatic heterocycles. The van der Waals surface area contributed by atoms with Gasteiger partial charge >= 0.3 is 0 Å². The third-order valence-corrected chi connectivity index (χ3v) is 8.76. The van der Waals surface area contributed by atoms with Crippen LogP contribution >= 0.6 is 0 Å². The second kappa shape index (κ2) is 12.5. The fourth-order valence-corrected chi connectivity index (χ4v) is 6.75. The lowest BCUT2D eigenvalue weighted by Gasteiger charge is -2.37. The number of anilines is 2. The number of hydrogen-bond acceptors (Lipinski definition) is 7. The molecule has 7 heteroatoms. The van der Waals surface area contributed by atoms with Gasteiger partial charge in [0.25, 0.3) is 0 Å². The molecule has 1 aromatic rings. The van der Waals surface area contributed by atoms with Crippen molar-refractivity contribution in [3.05, 3.63) is 12.3 Å². The van der Waals surface area contributed by atoms with E-state index in [2.05, 4.69) is 36.8 Å². The van der Waals surface area contributed by atoms with Gasteiger partial charge in [-0.1, -0.05) is 32.1 Å². The summed E-state index contributed by atoms with van der Waals surface area (Å²) in [6.45, 7) is 8.04. The quantitative estimate of drug-likeness (QED) is 0.537. The molecule has 3 N–H and O–H groups in total. The molecule has 2 atom stereocenters. The monoisotopic (exact) mass is 469 g/mol. The molecule has 3 aliphatic heterocycles. The van der Waals surface area contributed by atoms with Crippen LogP contribution in [0.4, 0.5) is 11.8 Å². The molecule has 4 heterocycles. The topological polar surface area (TPSA) is 68.4 Å². The van der Waals surface area contributed by atoms with E-state index in [-0.39, 0.29) is 0 Å². The molecule has 5 rings (SSSR count). The first-order chi connectivity index (χ1) is 16.9. The van der Waals surface area contributed by atoms with Gasteiger partial charge in [-0.25, -0.2) is 4.98 Å². The maximum atomic E-state index is 4.99. The molecule has 4 aliphatic rings. The number of rotatable bonds is 8. The molecule has 0 aromatic carbocycles. The van der Waals surface area contributed by atoms with Crippen molar-refractivity contribution in [2.24, 2.45) is 5.92 Å². The van der Waals surface area contributed by atoms with E-state index < -0.39 is 0 Å². The minimum Gasteiger partial charge on any atom is -0.356 e. The van der Waals surface area contributed by atoms with Crippen LogP contribution in [0.1, 0.15) is 77.0 Å². The highest BCUT2D eigenvalue weighted by Crippen LogP contribution is 2.30. The van der Waals surface area contributed by atoms with Crippen LogP contribution in [0.2, 0.25) is 0 Å². The summed E-state index contributed by atoms with van der Waals surface area (Å²) in [4.78, 5) is 14.9. The van der Waals surface area contributed by atoms with Crippen LogP contribution < -0.4 is 20.9 Å². The molecular formula is C27H47N7. The van der Waals surface area contributed by atoms with Crippen molar-refractivity contribution in [1.82, 2.24) is 25.5 Å². The normalized spacial score (nSPS) is 28.2. The highest BCUT2D eigenvalue weighted by molar-refractivity contribution is 5.43. The second-order valence-electron chi connectivity index (χ2n) is 11.1. The number of likely N-dealkylation sites (tertiary alicyclic amines) is 1. The van der Waals surface area contributed by atoms with Crippen molar-refractivity contribution in [2.75, 3.05) is 56.0 Å². The van der Waals surface area contributed by atoms with Gasteiger partial charge in [-0.05, 0) is 76.6 Å². The predicted molar refractivity (Wildman–Crippen MR) is 141 cm³/mol. The van der Waals surface area contributed by atoms with Gasteiger partial charge in [0.2, 0.25) is 5.95 Å². The predicted octanol–water partition coefficient (Wildman–Crippen LogP) is 3.63. The molecule has 4 fully saturated rings. The molecule has 3 saturated heterocycles. The summed E-state index contributed by atoms with van der Waals surface area (Å²) in [6.07, 6.45) is 18.0. The molecule has 190 valence electrons. The van der Waals surface area contributed by atoms with E-state index in [1.54, 1.807) is 0 Å². The number of nitrogens with zero attached hydrogens (tertiary/aromatic N) is 4. The van der Waals surface area contributed by atoms with E-state index in [1.165, 1.54) is 96.7 Å². The van der Waals surface area contributed by atoms with Crippen LogP contribution in [-0.4, -0.2) is 78.8 Å². The summed E-state index contributed by atoms with van der Waals surface area (Å²) in [5, 5.41) is 11.2. The molecule has 1 saturated carbocycles. The number of hydrogen-bond donors (Lipinski definition) is 3. The lowest BCUT2D eigenvalue weighted by molar-refractivity contribution is 0.136. The SMILES string of the molecule is c1cc(N2CCCCCC2)nc(N[C@H]2CCN(C3CCCCC3)[C@@H]2CNCC2CCNCC2)n1. The number of piperidine rings is 1. The van der Waals surface area contributed by atoms with Crippen LogP contribution in [0.15, 0.2) is 12.3 Å². The zero-order chi connectivity index (χ0) is 23.0. The summed E-state index contributed by atoms with van der Waals surface area (Å²) >= 11 is 0. The zero-order valence-electron chi connectivity index (χ0n) is 21.2. The molecule has 34 heavy (non-hydrogen) atoms. The average Bonchev–Trinajstić information content (AvgIpc) is 3.09. The van der Waals surface area contributed by atoms with E-state index in [0.29, 0.717) is 12.1 Å². The lowest BCUT2D eigenvalue weighted by Crippen LogP contribution is -2.51. The molecule has 1 aliphatic carbocycles. The van der Waals surface area contributed by atoms with Gasteiger partial charge in [0, 0.05) is 50.5 Å². The lowest BCUT2D eigenvalue weighted by atomic mass is 9.93. The first kappa shape index (κ1) is 24.3. The fourth-order valence-electron chi connectivity index (χ4n) is 6.75. The van der Waals surface area contributed by atoms with Gasteiger partial charge in [0.05, 0.1) is 0 Å². The summed E-state index contributed by atoms with van der Waals surface area (Å²) in [6, 6.07) is 3.80. The molecule has 0 bridgehead atoms. The van der Waals surface area contributed by atoms with Crippen LogP contribution in [0.25, 0.3) is 0 Å². The Morgan fingerprint density at radius 2 is 1.62 bits per heavy atom. The number of nitrogens with one attached hydrogen (secondary N) is 3. The Kier molecular flexibility index (Phi) is 8.92. The van der Waals surface area contributed by atoms with Crippen LogP contribution in [0, 0.1) is 5.92 Å². The molecule has 0 radical (unpaired) electrons. The molecule has 0 amide bonds.